The van der Waals surface area contributed by atoms with Crippen molar-refractivity contribution in [3.8, 4) is 0 Å². The second kappa shape index (κ2) is 6.94. The molecule has 5 nitrogen and oxygen atoms in total. The van der Waals surface area contributed by atoms with Gasteiger partial charge in [-0.15, -0.1) is 0 Å². The molecule has 11 heavy (non-hydrogen) atoms. The van der Waals surface area contributed by atoms with Crippen LogP contribution < -0.4 is 0 Å². The van der Waals surface area contributed by atoms with E-state index in [1.54, 1.807) is 6.92 Å². The molecule has 0 bridgehead atoms. The molecule has 0 rings (SSSR count). The van der Waals surface area contributed by atoms with Gasteiger partial charge in [0.25, 0.3) is 0 Å². The Morgan fingerprint density at radius 2 is 1.82 bits per heavy atom. The summed E-state index contributed by atoms with van der Waals surface area (Å²) in [4.78, 5) is 24.5. The Morgan fingerprint density at radius 1 is 1.55 bits per heavy atom. The van der Waals surface area contributed by atoms with Crippen molar-refractivity contribution in [1.29, 1.82) is 0 Å². The van der Waals surface area contributed by atoms with Crippen LogP contribution in [0, 0.1) is 0 Å². The third-order valence-electron chi connectivity index (χ3n) is 0.534. The van der Waals surface area contributed by atoms with Gasteiger partial charge >= 0.3 is 15.1 Å². The first-order valence-corrected chi connectivity index (χ1v) is 3.87. The molecular weight excluding hydrogens is 168 g/mol. The van der Waals surface area contributed by atoms with Crippen LogP contribution in [0.25, 0.3) is 0 Å². The fourth-order valence-corrected chi connectivity index (χ4v) is 0.174. The second-order valence-corrected chi connectivity index (χ2v) is 2.12. The van der Waals surface area contributed by atoms with E-state index in [0.717, 1.165) is 0 Å². The smallest absolute Gasteiger partial charge is 0.511 e. The maximum atomic E-state index is 10.2. The molecule has 0 radical (unpaired) electrons. The molecule has 2 N–H and O–H groups in total. The van der Waals surface area contributed by atoms with Crippen LogP contribution in [0.3, 0.4) is 0 Å². The fraction of sp³-hybridized carbons (Fsp3) is 0.400. The summed E-state index contributed by atoms with van der Waals surface area (Å²) < 4.78 is 13.0. The van der Waals surface area contributed by atoms with E-state index in [0.29, 0.717) is 5.57 Å². The molecule has 0 aromatic heterocycles. The van der Waals surface area contributed by atoms with Crippen LogP contribution in [0.15, 0.2) is 12.2 Å². The number of rotatable bonds is 1. The lowest BCUT2D eigenvalue weighted by atomic mass is 10.4. The normalized spacial score (nSPS) is 7.09. The van der Waals surface area contributed by atoms with Gasteiger partial charge in [0.15, 0.2) is 0 Å². The van der Waals surface area contributed by atoms with E-state index in [4.69, 9.17) is 14.1 Å². The third kappa shape index (κ3) is 17.7. The molecular formula is C5H10O5Si. The van der Waals surface area contributed by atoms with Gasteiger partial charge in [-0.05, 0) is 6.92 Å². The van der Waals surface area contributed by atoms with E-state index in [-0.39, 0.29) is 5.97 Å². The first-order valence-electron chi connectivity index (χ1n) is 2.57. The predicted octanol–water partition coefficient (Wildman–Crippen LogP) is -0.878. The Labute approximate surface area is 65.8 Å². The summed E-state index contributed by atoms with van der Waals surface area (Å²) in [5, 5.41) is 0. The van der Waals surface area contributed by atoms with E-state index in [9.17, 15) is 4.79 Å². The molecule has 6 heteroatoms. The highest BCUT2D eigenvalue weighted by Gasteiger charge is 1.95. The Hall–Kier alpha value is -1.17. The van der Waals surface area contributed by atoms with Gasteiger partial charge in [0.05, 0.1) is 7.11 Å². The Bertz CT molecular complexity index is 160. The Kier molecular flexibility index (Phi) is 7.89. The fourth-order valence-electron chi connectivity index (χ4n) is 0.174. The number of esters is 1. The standard InChI is InChI=1S/C5H8O2.H2O3Si/c1-4(2)5(6)7-3;1-4(2)3/h1H2,2-3H3;1-2H. The first kappa shape index (κ1) is 12.5. The molecule has 0 saturated heterocycles. The number of ether oxygens (including phenoxy) is 1. The SMILES string of the molecule is C=C(C)C(=O)OC.O=[Si](O)O. The van der Waals surface area contributed by atoms with Crippen molar-refractivity contribution in [3.63, 3.8) is 0 Å². The summed E-state index contributed by atoms with van der Waals surface area (Å²) in [6.07, 6.45) is 0. The second-order valence-electron chi connectivity index (χ2n) is 1.55. The van der Waals surface area contributed by atoms with E-state index < -0.39 is 9.17 Å². The summed E-state index contributed by atoms with van der Waals surface area (Å²) in [6.45, 7) is 4.95. The van der Waals surface area contributed by atoms with Gasteiger partial charge in [-0.1, -0.05) is 6.58 Å². The lowest BCUT2D eigenvalue weighted by Gasteiger charge is -1.91. The van der Waals surface area contributed by atoms with Crippen LogP contribution >= 0.6 is 0 Å². The highest BCUT2D eigenvalue weighted by atomic mass is 28.3. The highest BCUT2D eigenvalue weighted by molar-refractivity contribution is 6.22. The molecule has 0 amide bonds. The van der Waals surface area contributed by atoms with Gasteiger partial charge in [0, 0.05) is 5.57 Å². The van der Waals surface area contributed by atoms with Crippen molar-refractivity contribution >= 4 is 15.1 Å². The van der Waals surface area contributed by atoms with Crippen LogP contribution in [0.4, 0.5) is 0 Å². The molecule has 0 saturated carbocycles. The van der Waals surface area contributed by atoms with E-state index in [1.807, 2.05) is 0 Å². The predicted molar refractivity (Wildman–Crippen MR) is 37.7 cm³/mol. The lowest BCUT2D eigenvalue weighted by molar-refractivity contribution is -0.136. The number of hydrogen-bond donors (Lipinski definition) is 2. The van der Waals surface area contributed by atoms with Crippen molar-refractivity contribution in [3.05, 3.63) is 12.2 Å². The molecule has 0 aliphatic rings. The molecule has 0 fully saturated rings. The quantitative estimate of drug-likeness (QED) is 0.309. The van der Waals surface area contributed by atoms with Crippen LogP contribution in [0.2, 0.25) is 0 Å². The van der Waals surface area contributed by atoms with Gasteiger partial charge in [0.2, 0.25) is 0 Å². The van der Waals surface area contributed by atoms with Gasteiger partial charge in [-0.2, -0.15) is 0 Å². The molecule has 0 heterocycles. The maximum absolute atomic E-state index is 10.2. The molecule has 0 aliphatic heterocycles. The van der Waals surface area contributed by atoms with Crippen LogP contribution in [-0.4, -0.2) is 31.8 Å². The zero-order valence-electron chi connectivity index (χ0n) is 6.33. The van der Waals surface area contributed by atoms with Crippen molar-refractivity contribution in [2.75, 3.05) is 7.11 Å². The van der Waals surface area contributed by atoms with E-state index in [2.05, 4.69) is 11.3 Å². The van der Waals surface area contributed by atoms with Crippen molar-refractivity contribution in [2.24, 2.45) is 0 Å². The molecule has 0 aromatic rings. The van der Waals surface area contributed by atoms with Crippen molar-refractivity contribution < 1.29 is 23.6 Å². The molecule has 0 spiro atoms. The van der Waals surface area contributed by atoms with Gasteiger partial charge in [-0.25, -0.2) is 4.79 Å². The maximum Gasteiger partial charge on any atom is 0.761 e. The molecule has 0 aliphatic carbocycles. The number of hydrogen-bond acceptors (Lipinski definition) is 3. The third-order valence-corrected chi connectivity index (χ3v) is 0.534. The average Bonchev–Trinajstić information content (AvgIpc) is 1.85. The van der Waals surface area contributed by atoms with Crippen molar-refractivity contribution in [1.82, 2.24) is 0 Å². The zero-order chi connectivity index (χ0) is 9.44. The minimum Gasteiger partial charge on any atom is -0.511 e. The number of carbonyl (C=O) groups excluding carboxylic acids is 1. The Morgan fingerprint density at radius 3 is 1.82 bits per heavy atom. The van der Waals surface area contributed by atoms with Crippen LogP contribution in [0.1, 0.15) is 6.92 Å². The average molecular weight is 178 g/mol. The minimum absolute atomic E-state index is 0.347. The molecule has 64 valence electrons. The zero-order valence-corrected chi connectivity index (χ0v) is 7.33. The van der Waals surface area contributed by atoms with Crippen LogP contribution in [-0.2, 0) is 14.0 Å². The topological polar surface area (TPSA) is 83.8 Å². The minimum atomic E-state index is -3.13. The van der Waals surface area contributed by atoms with E-state index in [1.165, 1.54) is 7.11 Å². The highest BCUT2D eigenvalue weighted by Crippen LogP contribution is 1.87. The molecule has 0 atom stereocenters. The summed E-state index contributed by atoms with van der Waals surface area (Å²) in [5.74, 6) is -0.347. The lowest BCUT2D eigenvalue weighted by Crippen LogP contribution is -1.98. The van der Waals surface area contributed by atoms with Crippen molar-refractivity contribution in [2.45, 2.75) is 6.92 Å². The monoisotopic (exact) mass is 178 g/mol. The van der Waals surface area contributed by atoms with E-state index >= 15 is 0 Å². The first-order chi connectivity index (χ1) is 4.91. The Balaban J connectivity index is 0. The van der Waals surface area contributed by atoms with Gasteiger partial charge in [-0.3, -0.25) is 4.46 Å². The van der Waals surface area contributed by atoms with Crippen LogP contribution in [0.5, 0.6) is 0 Å². The number of carbonyl (C=O) groups is 1. The largest absolute Gasteiger partial charge is 0.761 e. The molecule has 0 aromatic carbocycles. The number of methoxy groups -OCH3 is 1. The van der Waals surface area contributed by atoms with Gasteiger partial charge in [0.1, 0.15) is 0 Å². The summed E-state index contributed by atoms with van der Waals surface area (Å²) >= 11 is 0. The van der Waals surface area contributed by atoms with Gasteiger partial charge < -0.3 is 14.3 Å². The summed E-state index contributed by atoms with van der Waals surface area (Å²) in [6, 6.07) is 0. The molecule has 0 unspecified atom stereocenters. The summed E-state index contributed by atoms with van der Waals surface area (Å²) in [7, 11) is -1.80. The summed E-state index contributed by atoms with van der Waals surface area (Å²) in [5.41, 5.74) is 0.433.